The summed E-state index contributed by atoms with van der Waals surface area (Å²) < 4.78 is 7.58. The van der Waals surface area contributed by atoms with Crippen LogP contribution in [0.2, 0.25) is 0 Å². The van der Waals surface area contributed by atoms with Gasteiger partial charge >= 0.3 is 0 Å². The monoisotopic (exact) mass is 341 g/mol. The predicted octanol–water partition coefficient (Wildman–Crippen LogP) is 0.957. The zero-order valence-electron chi connectivity index (χ0n) is 14.4. The highest BCUT2D eigenvalue weighted by molar-refractivity contribution is 5.97. The molecule has 3 heterocycles. The number of hydrogen-bond donors (Lipinski definition) is 0. The van der Waals surface area contributed by atoms with Crippen LogP contribution in [0.4, 0.5) is 5.69 Å². The van der Waals surface area contributed by atoms with Gasteiger partial charge in [0.1, 0.15) is 12.7 Å². The molecule has 0 saturated carbocycles. The van der Waals surface area contributed by atoms with Gasteiger partial charge in [0.25, 0.3) is 0 Å². The van der Waals surface area contributed by atoms with Crippen molar-refractivity contribution in [3.05, 3.63) is 42.5 Å². The largest absolute Gasteiger partial charge is 0.374 e. The molecule has 2 atom stereocenters. The zero-order chi connectivity index (χ0) is 17.2. The molecule has 1 fully saturated rings. The lowest BCUT2D eigenvalue weighted by Gasteiger charge is -2.34. The van der Waals surface area contributed by atoms with E-state index in [2.05, 4.69) is 28.0 Å². The third kappa shape index (κ3) is 3.43. The van der Waals surface area contributed by atoms with E-state index in [0.717, 1.165) is 25.2 Å². The number of fused-ring (bicyclic) bond motifs is 1. The number of benzene rings is 1. The number of hydrogen-bond acceptors (Lipinski definition) is 5. The average molecular weight is 341 g/mol. The maximum Gasteiger partial charge on any atom is 0.241 e. The van der Waals surface area contributed by atoms with E-state index in [1.165, 1.54) is 11.9 Å². The van der Waals surface area contributed by atoms with Crippen molar-refractivity contribution >= 4 is 11.6 Å². The van der Waals surface area contributed by atoms with E-state index in [-0.39, 0.29) is 18.1 Å². The quantitative estimate of drug-likeness (QED) is 0.829. The van der Waals surface area contributed by atoms with Gasteiger partial charge in [-0.3, -0.25) is 14.4 Å². The Morgan fingerprint density at radius 2 is 2.24 bits per heavy atom. The van der Waals surface area contributed by atoms with Gasteiger partial charge in [-0.25, -0.2) is 4.98 Å². The van der Waals surface area contributed by atoms with E-state index in [1.54, 1.807) is 11.0 Å². The molecule has 0 radical (unpaired) electrons. The lowest BCUT2D eigenvalue weighted by molar-refractivity contribution is -0.122. The summed E-state index contributed by atoms with van der Waals surface area (Å²) in [6.45, 7) is 5.35. The molecule has 0 spiro atoms. The van der Waals surface area contributed by atoms with Crippen LogP contribution in [-0.2, 0) is 22.5 Å². The standard InChI is InChI=1S/C18H23N5O2/c1-14-8-15-4-2-3-5-17(15)23(14)18(24)11-21-6-7-25-16(9-21)10-22-13-19-12-20-22/h2-5,12-14,16H,6-11H2,1H3. The molecule has 2 aliphatic heterocycles. The Balaban J connectivity index is 1.39. The summed E-state index contributed by atoms with van der Waals surface area (Å²) in [5, 5.41) is 4.13. The summed E-state index contributed by atoms with van der Waals surface area (Å²) in [5.41, 5.74) is 2.32. The van der Waals surface area contributed by atoms with Gasteiger partial charge in [0.05, 0.1) is 25.8 Å². The summed E-state index contributed by atoms with van der Waals surface area (Å²) in [5.74, 6) is 0.166. The first kappa shape index (κ1) is 16.2. The molecule has 7 heteroatoms. The van der Waals surface area contributed by atoms with Gasteiger partial charge in [0.15, 0.2) is 0 Å². The van der Waals surface area contributed by atoms with Crippen LogP contribution < -0.4 is 4.90 Å². The normalized spacial score (nSPS) is 23.6. The molecule has 1 aromatic heterocycles. The topological polar surface area (TPSA) is 63.5 Å². The number of amides is 1. The molecule has 7 nitrogen and oxygen atoms in total. The third-order valence-corrected chi connectivity index (χ3v) is 4.91. The second-order valence-corrected chi connectivity index (χ2v) is 6.79. The van der Waals surface area contributed by atoms with E-state index < -0.39 is 0 Å². The SMILES string of the molecule is CC1Cc2ccccc2N1C(=O)CN1CCOC(Cn2cncn2)C1. The van der Waals surface area contributed by atoms with Gasteiger partial charge in [-0.1, -0.05) is 18.2 Å². The van der Waals surface area contributed by atoms with Gasteiger partial charge in [-0.05, 0) is 25.0 Å². The molecule has 132 valence electrons. The first-order valence-corrected chi connectivity index (χ1v) is 8.77. The molecule has 2 unspecified atom stereocenters. The van der Waals surface area contributed by atoms with Crippen LogP contribution in [-0.4, -0.2) is 64.0 Å². The van der Waals surface area contributed by atoms with Gasteiger partial charge in [-0.15, -0.1) is 0 Å². The van der Waals surface area contributed by atoms with Crippen LogP contribution in [0.5, 0.6) is 0 Å². The summed E-state index contributed by atoms with van der Waals surface area (Å²) in [4.78, 5) is 21.0. The second kappa shape index (κ2) is 6.93. The Labute approximate surface area is 147 Å². The van der Waals surface area contributed by atoms with E-state index >= 15 is 0 Å². The summed E-state index contributed by atoms with van der Waals surface area (Å²) in [7, 11) is 0. The third-order valence-electron chi connectivity index (χ3n) is 4.91. The fraction of sp³-hybridized carbons (Fsp3) is 0.500. The van der Waals surface area contributed by atoms with E-state index in [0.29, 0.717) is 19.7 Å². The Morgan fingerprint density at radius 1 is 1.36 bits per heavy atom. The van der Waals surface area contributed by atoms with Crippen LogP contribution >= 0.6 is 0 Å². The fourth-order valence-corrected chi connectivity index (χ4v) is 3.78. The molecule has 1 aromatic carbocycles. The van der Waals surface area contributed by atoms with Crippen molar-refractivity contribution < 1.29 is 9.53 Å². The number of carbonyl (C=O) groups excluding carboxylic acids is 1. The minimum Gasteiger partial charge on any atom is -0.374 e. The van der Waals surface area contributed by atoms with Crippen molar-refractivity contribution in [1.29, 1.82) is 0 Å². The van der Waals surface area contributed by atoms with Gasteiger partial charge in [0, 0.05) is 24.8 Å². The minimum atomic E-state index is 0.0338. The van der Waals surface area contributed by atoms with Crippen molar-refractivity contribution in [2.75, 3.05) is 31.1 Å². The Bertz CT molecular complexity index is 733. The van der Waals surface area contributed by atoms with E-state index in [4.69, 9.17) is 4.74 Å². The van der Waals surface area contributed by atoms with Crippen molar-refractivity contribution in [2.45, 2.75) is 32.0 Å². The van der Waals surface area contributed by atoms with Crippen LogP contribution in [0.15, 0.2) is 36.9 Å². The van der Waals surface area contributed by atoms with Gasteiger partial charge < -0.3 is 9.64 Å². The zero-order valence-corrected chi connectivity index (χ0v) is 14.4. The molecule has 0 aliphatic carbocycles. The van der Waals surface area contributed by atoms with Crippen molar-refractivity contribution in [2.24, 2.45) is 0 Å². The number of anilines is 1. The number of ether oxygens (including phenoxy) is 1. The minimum absolute atomic E-state index is 0.0338. The van der Waals surface area contributed by atoms with Crippen molar-refractivity contribution in [1.82, 2.24) is 19.7 Å². The molecule has 1 amide bonds. The van der Waals surface area contributed by atoms with Crippen LogP contribution in [0.1, 0.15) is 12.5 Å². The fourth-order valence-electron chi connectivity index (χ4n) is 3.78. The maximum atomic E-state index is 12.9. The summed E-state index contributed by atoms with van der Waals surface area (Å²) in [6.07, 6.45) is 4.18. The van der Waals surface area contributed by atoms with Crippen molar-refractivity contribution in [3.63, 3.8) is 0 Å². The highest BCUT2D eigenvalue weighted by Crippen LogP contribution is 2.31. The van der Waals surface area contributed by atoms with E-state index in [1.807, 2.05) is 23.1 Å². The first-order valence-electron chi connectivity index (χ1n) is 8.77. The summed E-state index contributed by atoms with van der Waals surface area (Å²) in [6, 6.07) is 8.42. The molecule has 0 N–H and O–H groups in total. The number of para-hydroxylation sites is 1. The Morgan fingerprint density at radius 3 is 3.08 bits per heavy atom. The number of nitrogens with zero attached hydrogens (tertiary/aromatic N) is 5. The first-order chi connectivity index (χ1) is 12.2. The van der Waals surface area contributed by atoms with Crippen molar-refractivity contribution in [3.8, 4) is 0 Å². The average Bonchev–Trinajstić information content (AvgIpc) is 3.21. The highest BCUT2D eigenvalue weighted by atomic mass is 16.5. The Hall–Kier alpha value is -2.25. The van der Waals surface area contributed by atoms with Crippen LogP contribution in [0.25, 0.3) is 0 Å². The number of carbonyl (C=O) groups is 1. The second-order valence-electron chi connectivity index (χ2n) is 6.79. The lowest BCUT2D eigenvalue weighted by atomic mass is 10.1. The van der Waals surface area contributed by atoms with Gasteiger partial charge in [-0.2, -0.15) is 5.10 Å². The molecule has 25 heavy (non-hydrogen) atoms. The van der Waals surface area contributed by atoms with E-state index in [9.17, 15) is 4.79 Å². The molecule has 1 saturated heterocycles. The molecule has 2 aliphatic rings. The lowest BCUT2D eigenvalue weighted by Crippen LogP contribution is -2.49. The number of aromatic nitrogens is 3. The predicted molar refractivity (Wildman–Crippen MR) is 93.3 cm³/mol. The molecular weight excluding hydrogens is 318 g/mol. The molecule has 0 bridgehead atoms. The number of morpholine rings is 1. The Kier molecular flexibility index (Phi) is 4.50. The van der Waals surface area contributed by atoms with Crippen LogP contribution in [0.3, 0.4) is 0 Å². The molecular formula is C18H23N5O2. The smallest absolute Gasteiger partial charge is 0.241 e. The van der Waals surface area contributed by atoms with Crippen LogP contribution in [0, 0.1) is 0 Å². The molecule has 4 rings (SSSR count). The van der Waals surface area contributed by atoms with Gasteiger partial charge in [0.2, 0.25) is 5.91 Å². The number of rotatable bonds is 4. The molecule has 2 aromatic rings. The highest BCUT2D eigenvalue weighted by Gasteiger charge is 2.32. The maximum absolute atomic E-state index is 12.9. The summed E-state index contributed by atoms with van der Waals surface area (Å²) >= 11 is 0.